The fourth-order valence-electron chi connectivity index (χ4n) is 2.55. The van der Waals surface area contributed by atoms with E-state index in [4.69, 9.17) is 0 Å². The van der Waals surface area contributed by atoms with Crippen molar-refractivity contribution in [2.24, 2.45) is 5.92 Å². The van der Waals surface area contributed by atoms with Crippen molar-refractivity contribution >= 4 is 12.4 Å². The topological polar surface area (TPSA) is 77.8 Å². The summed E-state index contributed by atoms with van der Waals surface area (Å²) in [5.74, 6) is -1.78. The van der Waals surface area contributed by atoms with Crippen LogP contribution in [0.2, 0.25) is 0 Å². The van der Waals surface area contributed by atoms with Gasteiger partial charge < -0.3 is 5.11 Å². The zero-order chi connectivity index (χ0) is 17.6. The van der Waals surface area contributed by atoms with Crippen molar-refractivity contribution in [2.45, 2.75) is 58.4 Å². The molecule has 1 aromatic rings. The fourth-order valence-corrected chi connectivity index (χ4v) is 2.55. The van der Waals surface area contributed by atoms with Crippen molar-refractivity contribution in [3.63, 3.8) is 0 Å². The van der Waals surface area contributed by atoms with E-state index in [1.165, 1.54) is 12.5 Å². The second-order valence-corrected chi connectivity index (χ2v) is 7.01. The Hall–Kier alpha value is -1.88. The summed E-state index contributed by atoms with van der Waals surface area (Å²) < 4.78 is 0. The molecule has 1 aromatic carbocycles. The number of rotatable bonds is 8. The van der Waals surface area contributed by atoms with E-state index in [2.05, 4.69) is 45.0 Å². The van der Waals surface area contributed by atoms with Crippen LogP contribution in [0.25, 0.3) is 0 Å². The summed E-state index contributed by atoms with van der Waals surface area (Å²) in [5, 5.41) is 19.1. The van der Waals surface area contributed by atoms with Crippen LogP contribution in [-0.2, 0) is 21.4 Å². The molecule has 0 saturated heterocycles. The quantitative estimate of drug-likeness (QED) is 0.438. The molecule has 1 amide bonds. The zero-order valence-corrected chi connectivity index (χ0v) is 14.3. The van der Waals surface area contributed by atoms with Crippen LogP contribution < -0.4 is 0 Å². The Bertz CT molecular complexity index is 519. The highest BCUT2D eigenvalue weighted by Crippen LogP contribution is 2.23. The van der Waals surface area contributed by atoms with Crippen molar-refractivity contribution in [3.05, 3.63) is 35.4 Å². The van der Waals surface area contributed by atoms with Gasteiger partial charge in [0.2, 0.25) is 6.41 Å². The van der Waals surface area contributed by atoms with E-state index < -0.39 is 17.9 Å². The Balaban J connectivity index is 2.60. The molecular weight excluding hydrogens is 294 g/mol. The second kappa shape index (κ2) is 8.11. The third-order valence-corrected chi connectivity index (χ3v) is 4.23. The van der Waals surface area contributed by atoms with Crippen molar-refractivity contribution in [1.29, 1.82) is 0 Å². The minimum Gasteiger partial charge on any atom is -0.481 e. The van der Waals surface area contributed by atoms with Gasteiger partial charge in [-0.25, -0.2) is 5.06 Å². The average molecular weight is 321 g/mol. The maximum Gasteiger partial charge on any atom is 0.308 e. The van der Waals surface area contributed by atoms with Crippen LogP contribution in [0.4, 0.5) is 0 Å². The summed E-state index contributed by atoms with van der Waals surface area (Å²) >= 11 is 0. The minimum absolute atomic E-state index is 0.113. The van der Waals surface area contributed by atoms with E-state index in [0.717, 1.165) is 12.0 Å². The van der Waals surface area contributed by atoms with E-state index in [0.29, 0.717) is 17.9 Å². The number of aliphatic carboxylic acids is 1. The maximum atomic E-state index is 11.3. The van der Waals surface area contributed by atoms with Gasteiger partial charge in [0.15, 0.2) is 0 Å². The lowest BCUT2D eigenvalue weighted by molar-refractivity contribution is -0.170. The van der Waals surface area contributed by atoms with Gasteiger partial charge in [-0.1, -0.05) is 45.0 Å². The molecule has 128 valence electrons. The molecule has 23 heavy (non-hydrogen) atoms. The first kappa shape index (κ1) is 19.2. The number of hydrogen-bond donors (Lipinski definition) is 2. The number of nitrogens with zero attached hydrogens (tertiary/aromatic N) is 1. The molecule has 5 heteroatoms. The summed E-state index contributed by atoms with van der Waals surface area (Å²) in [6, 6.07) is 7.61. The number of carboxylic acids is 1. The lowest BCUT2D eigenvalue weighted by Gasteiger charge is -2.24. The molecule has 0 radical (unpaired) electrons. The summed E-state index contributed by atoms with van der Waals surface area (Å²) in [7, 11) is 0. The molecule has 0 unspecified atom stereocenters. The molecule has 0 aromatic heterocycles. The molecule has 0 bridgehead atoms. The Morgan fingerprint density at radius 2 is 1.83 bits per heavy atom. The van der Waals surface area contributed by atoms with Crippen LogP contribution in [0.15, 0.2) is 24.3 Å². The summed E-state index contributed by atoms with van der Waals surface area (Å²) in [4.78, 5) is 21.9. The zero-order valence-electron chi connectivity index (χ0n) is 14.3. The monoisotopic (exact) mass is 321 g/mol. The number of hydroxylamine groups is 2. The molecule has 0 aliphatic heterocycles. The molecule has 5 nitrogen and oxygen atoms in total. The van der Waals surface area contributed by atoms with Crippen LogP contribution in [0.3, 0.4) is 0 Å². The van der Waals surface area contributed by atoms with Gasteiger partial charge in [-0.3, -0.25) is 14.8 Å². The minimum atomic E-state index is -0.999. The first-order valence-corrected chi connectivity index (χ1v) is 7.91. The van der Waals surface area contributed by atoms with E-state index >= 15 is 0 Å². The molecule has 0 aliphatic carbocycles. The standard InChI is InChI=1S/C18H27NO4/c1-13(19(23)12-20)16(17(21)22)7-5-6-14-8-10-15(11-9-14)18(2,3)4/h8-13,16,23H,5-7H2,1-4H3,(H,21,22)/t13-,16+/m0/s1. The second-order valence-electron chi connectivity index (χ2n) is 7.01. The van der Waals surface area contributed by atoms with Gasteiger partial charge in [0.25, 0.3) is 0 Å². The van der Waals surface area contributed by atoms with Gasteiger partial charge in [-0.15, -0.1) is 0 Å². The Labute approximate surface area is 137 Å². The van der Waals surface area contributed by atoms with Crippen LogP contribution in [0.1, 0.15) is 51.7 Å². The number of benzene rings is 1. The molecule has 0 spiro atoms. The molecule has 0 fully saturated rings. The highest BCUT2D eigenvalue weighted by atomic mass is 16.5. The van der Waals surface area contributed by atoms with Crippen LogP contribution in [0, 0.1) is 5.92 Å². The number of aryl methyl sites for hydroxylation is 1. The van der Waals surface area contributed by atoms with Gasteiger partial charge in [-0.2, -0.15) is 0 Å². The normalized spacial score (nSPS) is 14.1. The van der Waals surface area contributed by atoms with E-state index in [9.17, 15) is 19.9 Å². The molecular formula is C18H27NO4. The molecule has 0 saturated carbocycles. The molecule has 1 rings (SSSR count). The number of carbonyl (C=O) groups is 2. The number of carbonyl (C=O) groups excluding carboxylic acids is 1. The predicted octanol–water partition coefficient (Wildman–Crippen LogP) is 3.24. The average Bonchev–Trinajstić information content (AvgIpc) is 2.49. The third-order valence-electron chi connectivity index (χ3n) is 4.23. The Morgan fingerprint density at radius 3 is 2.26 bits per heavy atom. The summed E-state index contributed by atoms with van der Waals surface area (Å²) in [6.07, 6.45) is 2.10. The van der Waals surface area contributed by atoms with Crippen LogP contribution in [0.5, 0.6) is 0 Å². The number of carboxylic acid groups (broad SMARTS) is 1. The van der Waals surface area contributed by atoms with E-state index in [-0.39, 0.29) is 11.8 Å². The smallest absolute Gasteiger partial charge is 0.308 e. The Morgan fingerprint density at radius 1 is 1.26 bits per heavy atom. The van der Waals surface area contributed by atoms with Crippen molar-refractivity contribution in [2.75, 3.05) is 0 Å². The van der Waals surface area contributed by atoms with E-state index in [1.807, 2.05) is 0 Å². The SMILES string of the molecule is C[C@@H]([C@@H](CCCc1ccc(C(C)(C)C)cc1)C(=O)O)N(O)C=O. The van der Waals surface area contributed by atoms with Gasteiger partial charge in [0.1, 0.15) is 0 Å². The summed E-state index contributed by atoms with van der Waals surface area (Å²) in [5.41, 5.74) is 2.54. The molecule has 0 aliphatic rings. The maximum absolute atomic E-state index is 11.3. The molecule has 2 atom stereocenters. The molecule has 0 heterocycles. The highest BCUT2D eigenvalue weighted by molar-refractivity contribution is 5.71. The van der Waals surface area contributed by atoms with Crippen LogP contribution >= 0.6 is 0 Å². The van der Waals surface area contributed by atoms with Crippen LogP contribution in [-0.4, -0.2) is 33.8 Å². The number of amides is 1. The third kappa shape index (κ3) is 5.67. The lowest BCUT2D eigenvalue weighted by Crippen LogP contribution is -2.39. The largest absolute Gasteiger partial charge is 0.481 e. The lowest BCUT2D eigenvalue weighted by atomic mass is 9.86. The van der Waals surface area contributed by atoms with Gasteiger partial charge in [-0.05, 0) is 42.7 Å². The van der Waals surface area contributed by atoms with E-state index in [1.54, 1.807) is 0 Å². The number of hydrogen-bond acceptors (Lipinski definition) is 3. The first-order valence-electron chi connectivity index (χ1n) is 7.91. The fraction of sp³-hybridized carbons (Fsp3) is 0.556. The van der Waals surface area contributed by atoms with Gasteiger partial charge in [0, 0.05) is 0 Å². The van der Waals surface area contributed by atoms with Gasteiger partial charge >= 0.3 is 5.97 Å². The van der Waals surface area contributed by atoms with Crippen molar-refractivity contribution in [1.82, 2.24) is 5.06 Å². The van der Waals surface area contributed by atoms with Gasteiger partial charge in [0.05, 0.1) is 12.0 Å². The van der Waals surface area contributed by atoms with Crippen molar-refractivity contribution < 1.29 is 19.9 Å². The van der Waals surface area contributed by atoms with Crippen molar-refractivity contribution in [3.8, 4) is 0 Å². The Kier molecular flexibility index (Phi) is 6.76. The highest BCUT2D eigenvalue weighted by Gasteiger charge is 2.28. The first-order chi connectivity index (χ1) is 10.7. The predicted molar refractivity (Wildman–Crippen MR) is 88.4 cm³/mol. The molecule has 2 N–H and O–H groups in total. The summed E-state index contributed by atoms with van der Waals surface area (Å²) in [6.45, 7) is 8.02.